The van der Waals surface area contributed by atoms with Crippen LogP contribution in [0.1, 0.15) is 39.5 Å². The first-order valence-electron chi connectivity index (χ1n) is 6.44. The van der Waals surface area contributed by atoms with Crippen LogP contribution in [0, 0.1) is 11.8 Å². The Bertz CT molecular complexity index is 153. The molecule has 0 saturated carbocycles. The summed E-state index contributed by atoms with van der Waals surface area (Å²) in [6, 6.07) is 0. The Morgan fingerprint density at radius 1 is 1.20 bits per heavy atom. The quantitative estimate of drug-likeness (QED) is 0.672. The summed E-state index contributed by atoms with van der Waals surface area (Å²) < 4.78 is 5.37. The van der Waals surface area contributed by atoms with Crippen molar-refractivity contribution in [1.29, 1.82) is 0 Å². The fraction of sp³-hybridized carbons (Fsp3) is 1.00. The molecule has 1 saturated heterocycles. The highest BCUT2D eigenvalue weighted by molar-refractivity contribution is 4.65. The molecule has 0 aromatic carbocycles. The minimum Gasteiger partial charge on any atom is -0.381 e. The van der Waals surface area contributed by atoms with Gasteiger partial charge in [0.25, 0.3) is 0 Å². The van der Waals surface area contributed by atoms with Crippen molar-refractivity contribution in [3.05, 3.63) is 0 Å². The maximum atomic E-state index is 5.37. The summed E-state index contributed by atoms with van der Waals surface area (Å²) in [7, 11) is 2.25. The normalized spacial score (nSPS) is 19.0. The molecule has 0 atom stereocenters. The van der Waals surface area contributed by atoms with Gasteiger partial charge in [0.05, 0.1) is 0 Å². The summed E-state index contributed by atoms with van der Waals surface area (Å²) in [6.45, 7) is 9.08. The van der Waals surface area contributed by atoms with Crippen molar-refractivity contribution in [3.63, 3.8) is 0 Å². The third-order valence-corrected chi connectivity index (χ3v) is 3.35. The van der Waals surface area contributed by atoms with Gasteiger partial charge >= 0.3 is 0 Å². The van der Waals surface area contributed by atoms with Gasteiger partial charge in [-0.2, -0.15) is 0 Å². The summed E-state index contributed by atoms with van der Waals surface area (Å²) >= 11 is 0. The number of hydrogen-bond donors (Lipinski definition) is 0. The number of nitrogens with zero attached hydrogens (tertiary/aromatic N) is 1. The highest BCUT2D eigenvalue weighted by Crippen LogP contribution is 2.18. The Labute approximate surface area is 95.0 Å². The van der Waals surface area contributed by atoms with Crippen LogP contribution in [0.4, 0.5) is 0 Å². The van der Waals surface area contributed by atoms with Gasteiger partial charge in [-0.15, -0.1) is 0 Å². The summed E-state index contributed by atoms with van der Waals surface area (Å²) in [5.41, 5.74) is 0. The lowest BCUT2D eigenvalue weighted by atomic mass is 9.96. The first-order chi connectivity index (χ1) is 7.18. The molecule has 90 valence electrons. The molecule has 0 unspecified atom stereocenters. The predicted molar refractivity (Wildman–Crippen MR) is 65.1 cm³/mol. The molecule has 0 amide bonds. The molecule has 0 aliphatic carbocycles. The second-order valence-electron chi connectivity index (χ2n) is 5.33. The first kappa shape index (κ1) is 13.0. The average Bonchev–Trinajstić information content (AvgIpc) is 2.25. The van der Waals surface area contributed by atoms with Crippen LogP contribution in [0.2, 0.25) is 0 Å². The van der Waals surface area contributed by atoms with Crippen molar-refractivity contribution in [2.75, 3.05) is 33.4 Å². The van der Waals surface area contributed by atoms with Crippen LogP contribution in [0.3, 0.4) is 0 Å². The third-order valence-electron chi connectivity index (χ3n) is 3.35. The molecule has 1 aliphatic heterocycles. The monoisotopic (exact) mass is 213 g/mol. The third kappa shape index (κ3) is 6.16. The van der Waals surface area contributed by atoms with Crippen LogP contribution in [-0.2, 0) is 4.74 Å². The van der Waals surface area contributed by atoms with Crippen LogP contribution in [0.5, 0.6) is 0 Å². The predicted octanol–water partition coefficient (Wildman–Crippen LogP) is 2.78. The maximum absolute atomic E-state index is 5.37. The van der Waals surface area contributed by atoms with E-state index < -0.39 is 0 Å². The average molecular weight is 213 g/mol. The zero-order valence-corrected chi connectivity index (χ0v) is 10.7. The molecule has 15 heavy (non-hydrogen) atoms. The van der Waals surface area contributed by atoms with E-state index in [1.807, 2.05) is 0 Å². The Morgan fingerprint density at radius 3 is 2.47 bits per heavy atom. The standard InChI is InChI=1S/C13H27NO/c1-12(2)4-8-14(3)9-5-13-6-10-15-11-7-13/h12-13H,4-11H2,1-3H3. The summed E-state index contributed by atoms with van der Waals surface area (Å²) in [5.74, 6) is 1.75. The van der Waals surface area contributed by atoms with E-state index in [1.54, 1.807) is 0 Å². The van der Waals surface area contributed by atoms with E-state index in [-0.39, 0.29) is 0 Å². The molecule has 2 heteroatoms. The van der Waals surface area contributed by atoms with Crippen molar-refractivity contribution in [2.24, 2.45) is 11.8 Å². The first-order valence-corrected chi connectivity index (χ1v) is 6.44. The van der Waals surface area contributed by atoms with Crippen molar-refractivity contribution in [3.8, 4) is 0 Å². The van der Waals surface area contributed by atoms with Crippen molar-refractivity contribution in [2.45, 2.75) is 39.5 Å². The van der Waals surface area contributed by atoms with E-state index in [0.29, 0.717) is 0 Å². The largest absolute Gasteiger partial charge is 0.381 e. The Balaban J connectivity index is 2.02. The van der Waals surface area contributed by atoms with Gasteiger partial charge in [0.1, 0.15) is 0 Å². The van der Waals surface area contributed by atoms with Crippen LogP contribution < -0.4 is 0 Å². The molecular formula is C13H27NO. The lowest BCUT2D eigenvalue weighted by molar-refractivity contribution is 0.0609. The van der Waals surface area contributed by atoms with E-state index in [9.17, 15) is 0 Å². The zero-order valence-electron chi connectivity index (χ0n) is 10.7. The van der Waals surface area contributed by atoms with Gasteiger partial charge in [0, 0.05) is 13.2 Å². The van der Waals surface area contributed by atoms with E-state index in [1.165, 1.54) is 38.8 Å². The smallest absolute Gasteiger partial charge is 0.0468 e. The SMILES string of the molecule is CC(C)CCN(C)CCC1CCOCC1. The minimum atomic E-state index is 0.829. The Morgan fingerprint density at radius 2 is 1.87 bits per heavy atom. The van der Waals surface area contributed by atoms with Crippen molar-refractivity contribution in [1.82, 2.24) is 4.90 Å². The van der Waals surface area contributed by atoms with Gasteiger partial charge in [0.15, 0.2) is 0 Å². The molecule has 0 aromatic heterocycles. The second kappa shape index (κ2) is 7.24. The number of ether oxygens (including phenoxy) is 1. The minimum absolute atomic E-state index is 0.829. The molecule has 1 aliphatic rings. The maximum Gasteiger partial charge on any atom is 0.0468 e. The fourth-order valence-electron chi connectivity index (χ4n) is 2.03. The van der Waals surface area contributed by atoms with Gasteiger partial charge in [-0.05, 0) is 57.7 Å². The summed E-state index contributed by atoms with van der Waals surface area (Å²) in [4.78, 5) is 2.48. The van der Waals surface area contributed by atoms with E-state index in [2.05, 4.69) is 25.8 Å². The highest BCUT2D eigenvalue weighted by atomic mass is 16.5. The fourth-order valence-corrected chi connectivity index (χ4v) is 2.03. The Kier molecular flexibility index (Phi) is 6.26. The van der Waals surface area contributed by atoms with Crippen molar-refractivity contribution < 1.29 is 4.74 Å². The lowest BCUT2D eigenvalue weighted by Gasteiger charge is -2.25. The molecule has 1 heterocycles. The van der Waals surface area contributed by atoms with Gasteiger partial charge in [-0.1, -0.05) is 13.8 Å². The van der Waals surface area contributed by atoms with Gasteiger partial charge < -0.3 is 9.64 Å². The van der Waals surface area contributed by atoms with Gasteiger partial charge in [-0.3, -0.25) is 0 Å². The molecule has 0 bridgehead atoms. The molecule has 1 rings (SSSR count). The molecule has 0 radical (unpaired) electrons. The van der Waals surface area contributed by atoms with E-state index in [0.717, 1.165) is 25.0 Å². The molecule has 2 nitrogen and oxygen atoms in total. The van der Waals surface area contributed by atoms with E-state index in [4.69, 9.17) is 4.74 Å². The van der Waals surface area contributed by atoms with Crippen molar-refractivity contribution >= 4 is 0 Å². The van der Waals surface area contributed by atoms with Crippen LogP contribution in [0.15, 0.2) is 0 Å². The second-order valence-corrected chi connectivity index (χ2v) is 5.33. The van der Waals surface area contributed by atoms with Gasteiger partial charge in [-0.25, -0.2) is 0 Å². The van der Waals surface area contributed by atoms with Crippen LogP contribution in [-0.4, -0.2) is 38.3 Å². The molecule has 0 aromatic rings. The van der Waals surface area contributed by atoms with Gasteiger partial charge in [0.2, 0.25) is 0 Å². The summed E-state index contributed by atoms with van der Waals surface area (Å²) in [6.07, 6.45) is 5.23. The lowest BCUT2D eigenvalue weighted by Crippen LogP contribution is -2.25. The number of hydrogen-bond acceptors (Lipinski definition) is 2. The molecular weight excluding hydrogens is 186 g/mol. The van der Waals surface area contributed by atoms with Crippen LogP contribution >= 0.6 is 0 Å². The molecule has 0 spiro atoms. The zero-order chi connectivity index (χ0) is 11.1. The van der Waals surface area contributed by atoms with Crippen LogP contribution in [0.25, 0.3) is 0 Å². The topological polar surface area (TPSA) is 12.5 Å². The highest BCUT2D eigenvalue weighted by Gasteiger charge is 2.14. The number of rotatable bonds is 6. The molecule has 0 N–H and O–H groups in total. The van der Waals surface area contributed by atoms with E-state index >= 15 is 0 Å². The molecule has 1 fully saturated rings. The summed E-state index contributed by atoms with van der Waals surface area (Å²) in [5, 5.41) is 0. The Hall–Kier alpha value is -0.0800.